The van der Waals surface area contributed by atoms with Crippen molar-refractivity contribution in [2.24, 2.45) is 7.05 Å². The molecule has 1 heterocycles. The summed E-state index contributed by atoms with van der Waals surface area (Å²) in [6.45, 7) is 1.95. The smallest absolute Gasteiger partial charge is 0.257 e. The number of amides is 1. The Bertz CT molecular complexity index is 575. The van der Waals surface area contributed by atoms with E-state index >= 15 is 0 Å². The largest absolute Gasteiger partial charge is 0.508 e. The summed E-state index contributed by atoms with van der Waals surface area (Å²) in [5.41, 5.74) is 1.54. The SMILES string of the molecule is CC(c1ccc(O)cc1)N(C)C(=O)c1cnn(C)c1. The maximum absolute atomic E-state index is 12.3. The van der Waals surface area contributed by atoms with Crippen LogP contribution in [0.15, 0.2) is 36.7 Å². The van der Waals surface area contributed by atoms with Crippen LogP contribution in [0.3, 0.4) is 0 Å². The third kappa shape index (κ3) is 2.76. The van der Waals surface area contributed by atoms with E-state index in [2.05, 4.69) is 5.10 Å². The number of rotatable bonds is 3. The van der Waals surface area contributed by atoms with Gasteiger partial charge in [-0.05, 0) is 24.6 Å². The van der Waals surface area contributed by atoms with Crippen LogP contribution in [-0.4, -0.2) is 32.7 Å². The Kier molecular flexibility index (Phi) is 3.55. The summed E-state index contributed by atoms with van der Waals surface area (Å²) in [4.78, 5) is 13.9. The molecule has 0 bridgehead atoms. The van der Waals surface area contributed by atoms with Gasteiger partial charge in [0.1, 0.15) is 5.75 Å². The molecule has 1 N–H and O–H groups in total. The maximum Gasteiger partial charge on any atom is 0.257 e. The molecule has 1 unspecified atom stereocenters. The van der Waals surface area contributed by atoms with E-state index in [1.165, 1.54) is 0 Å². The second-order valence-electron chi connectivity index (χ2n) is 4.59. The lowest BCUT2D eigenvalue weighted by atomic mass is 10.1. The number of aromatic nitrogens is 2. The molecule has 0 aliphatic carbocycles. The number of hydrogen-bond donors (Lipinski definition) is 1. The van der Waals surface area contributed by atoms with Gasteiger partial charge in [0.2, 0.25) is 0 Å². The molecule has 2 rings (SSSR count). The van der Waals surface area contributed by atoms with Crippen molar-refractivity contribution in [3.63, 3.8) is 0 Å². The highest BCUT2D eigenvalue weighted by Gasteiger charge is 2.19. The molecule has 0 aliphatic rings. The van der Waals surface area contributed by atoms with Crippen molar-refractivity contribution in [3.8, 4) is 5.75 Å². The molecule has 5 heteroatoms. The molecule has 1 atom stereocenters. The monoisotopic (exact) mass is 259 g/mol. The fraction of sp³-hybridized carbons (Fsp3) is 0.286. The molecule has 2 aromatic rings. The van der Waals surface area contributed by atoms with Gasteiger partial charge in [0, 0.05) is 20.3 Å². The minimum absolute atomic E-state index is 0.0753. The molecule has 1 aromatic heterocycles. The van der Waals surface area contributed by atoms with Gasteiger partial charge in [0.25, 0.3) is 5.91 Å². The van der Waals surface area contributed by atoms with E-state index in [9.17, 15) is 9.90 Å². The van der Waals surface area contributed by atoms with Crippen molar-refractivity contribution in [1.82, 2.24) is 14.7 Å². The molecule has 0 fully saturated rings. The van der Waals surface area contributed by atoms with E-state index in [4.69, 9.17) is 0 Å². The van der Waals surface area contributed by atoms with Gasteiger partial charge in [0.05, 0.1) is 17.8 Å². The Morgan fingerprint density at radius 1 is 1.37 bits per heavy atom. The van der Waals surface area contributed by atoms with E-state index in [0.717, 1.165) is 5.56 Å². The van der Waals surface area contributed by atoms with Crippen LogP contribution in [0.2, 0.25) is 0 Å². The fourth-order valence-corrected chi connectivity index (χ4v) is 1.89. The standard InChI is InChI=1S/C14H17N3O2/c1-10(11-4-6-13(18)7-5-11)17(3)14(19)12-8-15-16(2)9-12/h4-10,18H,1-3H3. The zero-order valence-corrected chi connectivity index (χ0v) is 11.2. The van der Waals surface area contributed by atoms with Crippen molar-refractivity contribution in [1.29, 1.82) is 0 Å². The van der Waals surface area contributed by atoms with Crippen LogP contribution >= 0.6 is 0 Å². The maximum atomic E-state index is 12.3. The Morgan fingerprint density at radius 2 is 2.00 bits per heavy atom. The van der Waals surface area contributed by atoms with E-state index in [0.29, 0.717) is 5.56 Å². The van der Waals surface area contributed by atoms with Crippen LogP contribution in [0.4, 0.5) is 0 Å². The third-order valence-electron chi connectivity index (χ3n) is 3.23. The zero-order chi connectivity index (χ0) is 14.0. The molecule has 100 valence electrons. The third-order valence-corrected chi connectivity index (χ3v) is 3.23. The van der Waals surface area contributed by atoms with Crippen molar-refractivity contribution >= 4 is 5.91 Å². The summed E-state index contributed by atoms with van der Waals surface area (Å²) in [5.74, 6) is 0.144. The summed E-state index contributed by atoms with van der Waals surface area (Å²) >= 11 is 0. The molecule has 0 saturated carbocycles. The molecule has 0 radical (unpaired) electrons. The van der Waals surface area contributed by atoms with Crippen molar-refractivity contribution < 1.29 is 9.90 Å². The molecule has 0 aliphatic heterocycles. The Labute approximate surface area is 112 Å². The van der Waals surface area contributed by atoms with E-state index < -0.39 is 0 Å². The molecule has 19 heavy (non-hydrogen) atoms. The second-order valence-corrected chi connectivity index (χ2v) is 4.59. The molecule has 5 nitrogen and oxygen atoms in total. The van der Waals surface area contributed by atoms with Crippen molar-refractivity contribution in [2.75, 3.05) is 7.05 Å². The number of aromatic hydroxyl groups is 1. The minimum Gasteiger partial charge on any atom is -0.508 e. The van der Waals surface area contributed by atoms with Crippen LogP contribution in [0.1, 0.15) is 28.9 Å². The molecule has 0 saturated heterocycles. The highest BCUT2D eigenvalue weighted by Crippen LogP contribution is 2.22. The Morgan fingerprint density at radius 3 is 2.53 bits per heavy atom. The molecular weight excluding hydrogens is 242 g/mol. The number of nitrogens with zero attached hydrogens (tertiary/aromatic N) is 3. The summed E-state index contributed by atoms with van der Waals surface area (Å²) in [6, 6.07) is 6.79. The van der Waals surface area contributed by atoms with Gasteiger partial charge in [-0.3, -0.25) is 9.48 Å². The lowest BCUT2D eigenvalue weighted by molar-refractivity contribution is 0.0742. The lowest BCUT2D eigenvalue weighted by Crippen LogP contribution is -2.29. The van der Waals surface area contributed by atoms with Crippen molar-refractivity contribution in [2.45, 2.75) is 13.0 Å². The van der Waals surface area contributed by atoms with Crippen LogP contribution in [0.5, 0.6) is 5.75 Å². The number of hydrogen-bond acceptors (Lipinski definition) is 3. The van der Waals surface area contributed by atoms with Gasteiger partial charge in [-0.15, -0.1) is 0 Å². The average molecular weight is 259 g/mol. The normalized spacial score (nSPS) is 12.2. The van der Waals surface area contributed by atoms with Gasteiger partial charge in [0.15, 0.2) is 0 Å². The number of aryl methyl sites for hydroxylation is 1. The van der Waals surface area contributed by atoms with Crippen molar-refractivity contribution in [3.05, 3.63) is 47.8 Å². The first-order chi connectivity index (χ1) is 8.99. The van der Waals surface area contributed by atoms with Crippen LogP contribution in [0.25, 0.3) is 0 Å². The molecule has 1 aromatic carbocycles. The predicted molar refractivity (Wildman–Crippen MR) is 71.8 cm³/mol. The van der Waals surface area contributed by atoms with E-state index in [1.54, 1.807) is 48.2 Å². The van der Waals surface area contributed by atoms with Gasteiger partial charge in [-0.25, -0.2) is 0 Å². The minimum atomic E-state index is -0.0756. The number of carbonyl (C=O) groups is 1. The topological polar surface area (TPSA) is 58.4 Å². The zero-order valence-electron chi connectivity index (χ0n) is 11.2. The van der Waals surface area contributed by atoms with E-state index in [-0.39, 0.29) is 17.7 Å². The summed E-state index contributed by atoms with van der Waals surface area (Å²) < 4.78 is 1.60. The Balaban J connectivity index is 2.16. The number of benzene rings is 1. The Hall–Kier alpha value is -2.30. The average Bonchev–Trinajstić information content (AvgIpc) is 2.84. The highest BCUT2D eigenvalue weighted by molar-refractivity contribution is 5.93. The molecule has 0 spiro atoms. The summed E-state index contributed by atoms with van der Waals surface area (Å²) in [5, 5.41) is 13.3. The van der Waals surface area contributed by atoms with Crippen LogP contribution in [-0.2, 0) is 7.05 Å². The second kappa shape index (κ2) is 5.14. The summed E-state index contributed by atoms with van der Waals surface area (Å²) in [7, 11) is 3.53. The van der Waals surface area contributed by atoms with E-state index in [1.807, 2.05) is 19.1 Å². The highest BCUT2D eigenvalue weighted by atomic mass is 16.3. The van der Waals surface area contributed by atoms with Crippen LogP contribution in [0, 0.1) is 0 Å². The number of carbonyl (C=O) groups excluding carboxylic acids is 1. The first-order valence-electron chi connectivity index (χ1n) is 6.04. The number of phenols is 1. The quantitative estimate of drug-likeness (QED) is 0.916. The molecular formula is C14H17N3O2. The molecule has 1 amide bonds. The first-order valence-corrected chi connectivity index (χ1v) is 6.04. The van der Waals surface area contributed by atoms with Gasteiger partial charge in [-0.1, -0.05) is 12.1 Å². The van der Waals surface area contributed by atoms with Gasteiger partial charge in [-0.2, -0.15) is 5.10 Å². The number of phenolic OH excluding ortho intramolecular Hbond substituents is 1. The van der Waals surface area contributed by atoms with Gasteiger partial charge < -0.3 is 10.0 Å². The van der Waals surface area contributed by atoms with Gasteiger partial charge >= 0.3 is 0 Å². The fourth-order valence-electron chi connectivity index (χ4n) is 1.89. The first kappa shape index (κ1) is 13.1. The van der Waals surface area contributed by atoms with Crippen LogP contribution < -0.4 is 0 Å². The summed E-state index contributed by atoms with van der Waals surface area (Å²) in [6.07, 6.45) is 3.25. The predicted octanol–water partition coefficient (Wildman–Crippen LogP) is 1.96. The lowest BCUT2D eigenvalue weighted by Gasteiger charge is -2.24.